The average molecular weight is 377 g/mol. The summed E-state index contributed by atoms with van der Waals surface area (Å²) in [6.45, 7) is 0. The molecular weight excluding hydrogens is 367 g/mol. The normalized spacial score (nSPS) is 11.1. The smallest absolute Gasteiger partial charge is 0.231 e. The molecular formula is C17H10F3N3O2S. The molecule has 0 aliphatic carbocycles. The standard InChI is InChI=1S/C17H10F3N3O2S/c18-11-3-1-10(2-4-11)16-14(9-21)15(17(19)20)22-23(16)12-5-7-13(8-6-12)26(24)25/h1-8,17,26H. The first kappa shape index (κ1) is 17.7. The van der Waals surface area contributed by atoms with E-state index in [1.165, 1.54) is 36.4 Å². The predicted molar refractivity (Wildman–Crippen MR) is 87.2 cm³/mol. The summed E-state index contributed by atoms with van der Waals surface area (Å²) < 4.78 is 62.9. The third kappa shape index (κ3) is 3.19. The van der Waals surface area contributed by atoms with Crippen LogP contribution in [0.4, 0.5) is 13.2 Å². The minimum absolute atomic E-state index is 0.0498. The summed E-state index contributed by atoms with van der Waals surface area (Å²) in [4.78, 5) is 0.0498. The summed E-state index contributed by atoms with van der Waals surface area (Å²) in [6.07, 6.45) is -2.99. The zero-order valence-corrected chi connectivity index (χ0v) is 13.8. The maximum Gasteiger partial charge on any atom is 0.283 e. The van der Waals surface area contributed by atoms with Crippen molar-refractivity contribution in [2.75, 3.05) is 0 Å². The minimum Gasteiger partial charge on any atom is -0.231 e. The molecule has 132 valence electrons. The molecule has 1 aromatic heterocycles. The van der Waals surface area contributed by atoms with Gasteiger partial charge in [0.2, 0.25) is 0 Å². The van der Waals surface area contributed by atoms with Crippen LogP contribution in [0.5, 0.6) is 0 Å². The molecule has 0 N–H and O–H groups in total. The molecule has 0 radical (unpaired) electrons. The second kappa shape index (κ2) is 7.01. The Kier molecular flexibility index (Phi) is 4.77. The van der Waals surface area contributed by atoms with Crippen LogP contribution in [-0.4, -0.2) is 18.2 Å². The number of hydrogen-bond donors (Lipinski definition) is 1. The van der Waals surface area contributed by atoms with Crippen molar-refractivity contribution in [3.05, 3.63) is 65.6 Å². The van der Waals surface area contributed by atoms with Crippen molar-refractivity contribution in [2.45, 2.75) is 11.3 Å². The molecule has 0 saturated carbocycles. The van der Waals surface area contributed by atoms with Gasteiger partial charge in [-0.3, -0.25) is 0 Å². The van der Waals surface area contributed by atoms with Crippen LogP contribution in [0.25, 0.3) is 16.9 Å². The van der Waals surface area contributed by atoms with Crippen molar-refractivity contribution < 1.29 is 21.6 Å². The summed E-state index contributed by atoms with van der Waals surface area (Å²) in [5.41, 5.74) is -0.354. The number of alkyl halides is 2. The third-order valence-corrected chi connectivity index (χ3v) is 4.37. The van der Waals surface area contributed by atoms with Gasteiger partial charge in [-0.2, -0.15) is 10.4 Å². The molecule has 3 aromatic rings. The lowest BCUT2D eigenvalue weighted by Gasteiger charge is -2.08. The van der Waals surface area contributed by atoms with Crippen LogP contribution in [0, 0.1) is 17.1 Å². The van der Waals surface area contributed by atoms with E-state index in [4.69, 9.17) is 0 Å². The molecule has 0 fully saturated rings. The molecule has 0 saturated heterocycles. The Labute approximate surface area is 147 Å². The van der Waals surface area contributed by atoms with Gasteiger partial charge in [0, 0.05) is 5.56 Å². The predicted octanol–water partition coefficient (Wildman–Crippen LogP) is 3.46. The van der Waals surface area contributed by atoms with Gasteiger partial charge in [0.1, 0.15) is 23.1 Å². The number of aromatic nitrogens is 2. The Bertz CT molecular complexity index is 1060. The van der Waals surface area contributed by atoms with Gasteiger partial charge in [-0.25, -0.2) is 26.3 Å². The average Bonchev–Trinajstić information content (AvgIpc) is 3.02. The molecule has 5 nitrogen and oxygen atoms in total. The van der Waals surface area contributed by atoms with Crippen LogP contribution >= 0.6 is 0 Å². The largest absolute Gasteiger partial charge is 0.283 e. The van der Waals surface area contributed by atoms with Gasteiger partial charge >= 0.3 is 0 Å². The quantitative estimate of drug-likeness (QED) is 0.707. The molecule has 26 heavy (non-hydrogen) atoms. The first-order valence-electron chi connectivity index (χ1n) is 7.24. The highest BCUT2D eigenvalue weighted by Gasteiger charge is 2.25. The maximum atomic E-state index is 13.3. The Balaban J connectivity index is 2.27. The van der Waals surface area contributed by atoms with E-state index in [1.807, 2.05) is 0 Å². The van der Waals surface area contributed by atoms with Gasteiger partial charge < -0.3 is 0 Å². The molecule has 0 aliphatic rings. The minimum atomic E-state index is -2.99. The van der Waals surface area contributed by atoms with Gasteiger partial charge in [0.25, 0.3) is 6.43 Å². The Morgan fingerprint density at radius 2 is 1.65 bits per heavy atom. The van der Waals surface area contributed by atoms with Gasteiger partial charge in [-0.1, -0.05) is 0 Å². The fourth-order valence-electron chi connectivity index (χ4n) is 2.47. The lowest BCUT2D eigenvalue weighted by Crippen LogP contribution is -2.00. The summed E-state index contributed by atoms with van der Waals surface area (Å²) in [5, 5.41) is 13.2. The molecule has 9 heteroatoms. The summed E-state index contributed by atoms with van der Waals surface area (Å²) in [5.74, 6) is -0.518. The molecule has 0 spiro atoms. The van der Waals surface area contributed by atoms with Gasteiger partial charge in [-0.05, 0) is 48.5 Å². The molecule has 3 rings (SSSR count). The summed E-state index contributed by atoms with van der Waals surface area (Å²) in [6, 6.07) is 12.1. The van der Waals surface area contributed by atoms with Crippen LogP contribution in [0.3, 0.4) is 0 Å². The number of benzene rings is 2. The first-order chi connectivity index (χ1) is 12.4. The van der Waals surface area contributed by atoms with Crippen molar-refractivity contribution in [3.8, 4) is 23.0 Å². The number of rotatable bonds is 4. The molecule has 0 amide bonds. The van der Waals surface area contributed by atoms with Crippen molar-refractivity contribution in [2.24, 2.45) is 0 Å². The van der Waals surface area contributed by atoms with Crippen molar-refractivity contribution >= 4 is 10.7 Å². The third-order valence-electron chi connectivity index (χ3n) is 3.65. The van der Waals surface area contributed by atoms with E-state index in [-0.39, 0.29) is 21.8 Å². The SMILES string of the molecule is N#Cc1c(C(F)F)nn(-c2ccc([SH](=O)=O)cc2)c1-c1ccc(F)cc1. The lowest BCUT2D eigenvalue weighted by molar-refractivity contribution is 0.145. The number of hydrogen-bond acceptors (Lipinski definition) is 4. The first-order valence-corrected chi connectivity index (χ1v) is 8.42. The van der Waals surface area contributed by atoms with Crippen LogP contribution < -0.4 is 0 Å². The maximum absolute atomic E-state index is 13.3. The van der Waals surface area contributed by atoms with Gasteiger partial charge in [0.05, 0.1) is 16.3 Å². The Hall–Kier alpha value is -3.12. The number of nitrogens with zero attached hydrogens (tertiary/aromatic N) is 3. The highest BCUT2D eigenvalue weighted by atomic mass is 32.2. The molecule has 0 atom stereocenters. The zero-order chi connectivity index (χ0) is 18.8. The second-order valence-corrected chi connectivity index (χ2v) is 6.24. The fourth-order valence-corrected chi connectivity index (χ4v) is 2.87. The summed E-state index contributed by atoms with van der Waals surface area (Å²) in [7, 11) is -2.79. The van der Waals surface area contributed by atoms with Crippen LogP contribution in [-0.2, 0) is 10.7 Å². The van der Waals surface area contributed by atoms with E-state index in [2.05, 4.69) is 5.10 Å². The van der Waals surface area contributed by atoms with E-state index >= 15 is 0 Å². The molecule has 1 heterocycles. The Morgan fingerprint density at radius 3 is 2.15 bits per heavy atom. The number of halogens is 3. The molecule has 0 bridgehead atoms. The van der Waals surface area contributed by atoms with Crippen molar-refractivity contribution in [1.29, 1.82) is 5.26 Å². The van der Waals surface area contributed by atoms with Crippen LogP contribution in [0.15, 0.2) is 53.4 Å². The highest BCUT2D eigenvalue weighted by Crippen LogP contribution is 2.33. The van der Waals surface area contributed by atoms with Crippen LogP contribution in [0.1, 0.15) is 17.7 Å². The lowest BCUT2D eigenvalue weighted by atomic mass is 10.1. The number of thiol groups is 1. The highest BCUT2D eigenvalue weighted by molar-refractivity contribution is 7.72. The Morgan fingerprint density at radius 1 is 1.04 bits per heavy atom. The van der Waals surface area contributed by atoms with E-state index in [0.717, 1.165) is 16.8 Å². The topological polar surface area (TPSA) is 75.8 Å². The van der Waals surface area contributed by atoms with Crippen molar-refractivity contribution in [1.82, 2.24) is 9.78 Å². The zero-order valence-electron chi connectivity index (χ0n) is 12.9. The van der Waals surface area contributed by atoms with E-state index < -0.39 is 28.6 Å². The van der Waals surface area contributed by atoms with E-state index in [9.17, 15) is 26.9 Å². The van der Waals surface area contributed by atoms with E-state index in [0.29, 0.717) is 5.56 Å². The molecule has 0 aliphatic heterocycles. The number of nitriles is 1. The fraction of sp³-hybridized carbons (Fsp3) is 0.0588. The monoisotopic (exact) mass is 377 g/mol. The molecule has 2 aromatic carbocycles. The van der Waals surface area contributed by atoms with Gasteiger partial charge in [-0.15, -0.1) is 0 Å². The molecule has 0 unspecified atom stereocenters. The second-order valence-electron chi connectivity index (χ2n) is 5.21. The van der Waals surface area contributed by atoms with E-state index in [1.54, 1.807) is 6.07 Å². The van der Waals surface area contributed by atoms with Gasteiger partial charge in [0.15, 0.2) is 10.7 Å². The van der Waals surface area contributed by atoms with Crippen LogP contribution in [0.2, 0.25) is 0 Å². The summed E-state index contributed by atoms with van der Waals surface area (Å²) >= 11 is 0. The van der Waals surface area contributed by atoms with Crippen molar-refractivity contribution in [3.63, 3.8) is 0 Å².